The molecule has 3 heterocycles. The number of fused-ring (bicyclic) bond motifs is 1. The molecule has 0 unspecified atom stereocenters. The summed E-state index contributed by atoms with van der Waals surface area (Å²) >= 11 is 1.89. The van der Waals surface area contributed by atoms with Crippen LogP contribution < -0.4 is 5.32 Å². The summed E-state index contributed by atoms with van der Waals surface area (Å²) in [5.41, 5.74) is 2.41. The van der Waals surface area contributed by atoms with E-state index < -0.39 is 0 Å². The molecule has 0 bridgehead atoms. The minimum Gasteiger partial charge on any atom is -0.458 e. The molecule has 0 fully saturated rings. The number of furan rings is 1. The van der Waals surface area contributed by atoms with E-state index in [1.54, 1.807) is 0 Å². The quantitative estimate of drug-likeness (QED) is 0.905. The van der Waals surface area contributed by atoms with E-state index >= 15 is 0 Å². The lowest BCUT2D eigenvalue weighted by atomic mass is 10.2. The Bertz CT molecular complexity index is 609. The predicted octanol–water partition coefficient (Wildman–Crippen LogP) is 3.87. The van der Waals surface area contributed by atoms with Crippen LogP contribution in [0.4, 0.5) is 5.82 Å². The smallest absolute Gasteiger partial charge is 0.197 e. The summed E-state index contributed by atoms with van der Waals surface area (Å²) in [6.45, 7) is 5.17. The van der Waals surface area contributed by atoms with Crippen LogP contribution in [0.3, 0.4) is 0 Å². The van der Waals surface area contributed by atoms with Crippen LogP contribution in [0.25, 0.3) is 11.6 Å². The average molecular weight is 289 g/mol. The first-order chi connectivity index (χ1) is 9.81. The Morgan fingerprint density at radius 3 is 2.90 bits per heavy atom. The average Bonchev–Trinajstić information content (AvgIpc) is 3.12. The Labute approximate surface area is 123 Å². The summed E-state index contributed by atoms with van der Waals surface area (Å²) < 4.78 is 5.78. The third-order valence-electron chi connectivity index (χ3n) is 3.35. The highest BCUT2D eigenvalue weighted by Crippen LogP contribution is 2.34. The highest BCUT2D eigenvalue weighted by atomic mass is 32.2. The van der Waals surface area contributed by atoms with Crippen molar-refractivity contribution in [2.75, 3.05) is 11.9 Å². The fourth-order valence-electron chi connectivity index (χ4n) is 2.24. The van der Waals surface area contributed by atoms with Gasteiger partial charge in [0.15, 0.2) is 11.6 Å². The molecule has 0 saturated heterocycles. The van der Waals surface area contributed by atoms with Gasteiger partial charge in [-0.1, -0.05) is 13.8 Å². The number of aryl methyl sites for hydroxylation is 1. The summed E-state index contributed by atoms with van der Waals surface area (Å²) in [5, 5.41) is 3.42. The molecule has 4 nitrogen and oxygen atoms in total. The van der Waals surface area contributed by atoms with Crippen molar-refractivity contribution in [1.82, 2.24) is 9.97 Å². The molecule has 3 rings (SSSR count). The van der Waals surface area contributed by atoms with E-state index in [0.717, 1.165) is 53.9 Å². The van der Waals surface area contributed by atoms with Crippen LogP contribution in [-0.4, -0.2) is 16.5 Å². The summed E-state index contributed by atoms with van der Waals surface area (Å²) in [7, 11) is 0. The topological polar surface area (TPSA) is 51.0 Å². The molecule has 0 spiro atoms. The Morgan fingerprint density at radius 1 is 1.25 bits per heavy atom. The van der Waals surface area contributed by atoms with E-state index in [1.807, 2.05) is 23.9 Å². The number of rotatable bonds is 5. The fourth-order valence-corrected chi connectivity index (χ4v) is 3.28. The van der Waals surface area contributed by atoms with Crippen LogP contribution in [-0.2, 0) is 17.9 Å². The lowest BCUT2D eigenvalue weighted by Gasteiger charge is -2.10. The molecule has 2 aromatic rings. The number of hydrogen-bond acceptors (Lipinski definition) is 5. The minimum absolute atomic E-state index is 0.699. The van der Waals surface area contributed by atoms with E-state index in [0.29, 0.717) is 5.82 Å². The van der Waals surface area contributed by atoms with Crippen LogP contribution in [0, 0.1) is 0 Å². The standard InChI is InChI=1S/C15H19N3OS/c1-3-7-16-14-11-8-20-9-12(11)17-15(18-14)13-6-5-10(4-2)19-13/h5-6H,3-4,7-9H2,1-2H3,(H,16,17,18). The summed E-state index contributed by atoms with van der Waals surface area (Å²) in [4.78, 5) is 9.34. The number of nitrogens with zero attached hydrogens (tertiary/aromatic N) is 2. The molecule has 106 valence electrons. The van der Waals surface area contributed by atoms with E-state index in [1.165, 1.54) is 5.56 Å². The zero-order valence-corrected chi connectivity index (χ0v) is 12.7. The van der Waals surface area contributed by atoms with Crippen LogP contribution in [0.2, 0.25) is 0 Å². The molecule has 1 aliphatic rings. The number of anilines is 1. The molecule has 0 aliphatic carbocycles. The molecule has 0 aromatic carbocycles. The number of nitrogens with one attached hydrogen (secondary N) is 1. The Morgan fingerprint density at radius 2 is 2.15 bits per heavy atom. The second-order valence-electron chi connectivity index (χ2n) is 4.86. The van der Waals surface area contributed by atoms with Gasteiger partial charge in [0.25, 0.3) is 0 Å². The first kappa shape index (κ1) is 13.5. The van der Waals surface area contributed by atoms with Gasteiger partial charge < -0.3 is 9.73 Å². The molecule has 0 atom stereocenters. The summed E-state index contributed by atoms with van der Waals surface area (Å²) in [6.07, 6.45) is 1.98. The molecular formula is C15H19N3OS. The van der Waals surface area contributed by atoms with Crippen molar-refractivity contribution in [2.24, 2.45) is 0 Å². The van der Waals surface area contributed by atoms with Gasteiger partial charge in [-0.25, -0.2) is 9.97 Å². The normalized spacial score (nSPS) is 13.5. The molecule has 0 amide bonds. The fraction of sp³-hybridized carbons (Fsp3) is 0.467. The number of aromatic nitrogens is 2. The molecule has 20 heavy (non-hydrogen) atoms. The van der Waals surface area contributed by atoms with Crippen LogP contribution >= 0.6 is 11.8 Å². The van der Waals surface area contributed by atoms with E-state index in [-0.39, 0.29) is 0 Å². The summed E-state index contributed by atoms with van der Waals surface area (Å²) in [6, 6.07) is 3.96. The lowest BCUT2D eigenvalue weighted by molar-refractivity contribution is 0.525. The third kappa shape index (κ3) is 2.54. The van der Waals surface area contributed by atoms with Gasteiger partial charge in [-0.05, 0) is 18.6 Å². The molecule has 0 radical (unpaired) electrons. The summed E-state index contributed by atoms with van der Waals surface area (Å²) in [5.74, 6) is 5.38. The second kappa shape index (κ2) is 5.87. The lowest BCUT2D eigenvalue weighted by Crippen LogP contribution is -2.07. The first-order valence-corrected chi connectivity index (χ1v) is 8.27. The van der Waals surface area contributed by atoms with Gasteiger partial charge in [0.1, 0.15) is 11.6 Å². The molecule has 1 N–H and O–H groups in total. The second-order valence-corrected chi connectivity index (χ2v) is 5.85. The van der Waals surface area contributed by atoms with Crippen molar-refractivity contribution < 1.29 is 4.42 Å². The van der Waals surface area contributed by atoms with Crippen molar-refractivity contribution in [3.8, 4) is 11.6 Å². The molecule has 2 aromatic heterocycles. The third-order valence-corrected chi connectivity index (χ3v) is 4.32. The highest BCUT2D eigenvalue weighted by molar-refractivity contribution is 7.98. The highest BCUT2D eigenvalue weighted by Gasteiger charge is 2.21. The Hall–Kier alpha value is -1.49. The number of hydrogen-bond donors (Lipinski definition) is 1. The van der Waals surface area contributed by atoms with E-state index in [2.05, 4.69) is 29.1 Å². The van der Waals surface area contributed by atoms with Crippen molar-refractivity contribution >= 4 is 17.6 Å². The Balaban J connectivity index is 1.99. The largest absolute Gasteiger partial charge is 0.458 e. The molecular weight excluding hydrogens is 270 g/mol. The zero-order chi connectivity index (χ0) is 13.9. The van der Waals surface area contributed by atoms with Crippen molar-refractivity contribution in [3.05, 3.63) is 29.2 Å². The monoisotopic (exact) mass is 289 g/mol. The first-order valence-electron chi connectivity index (χ1n) is 7.12. The van der Waals surface area contributed by atoms with Gasteiger partial charge >= 0.3 is 0 Å². The predicted molar refractivity (Wildman–Crippen MR) is 82.9 cm³/mol. The SMILES string of the molecule is CCCNc1nc(-c2ccc(CC)o2)nc2c1CSC2. The zero-order valence-electron chi connectivity index (χ0n) is 11.9. The van der Waals surface area contributed by atoms with E-state index in [4.69, 9.17) is 4.42 Å². The molecule has 0 saturated carbocycles. The maximum absolute atomic E-state index is 5.78. The van der Waals surface area contributed by atoms with Gasteiger partial charge in [0.2, 0.25) is 0 Å². The van der Waals surface area contributed by atoms with Crippen molar-refractivity contribution in [1.29, 1.82) is 0 Å². The maximum atomic E-state index is 5.78. The van der Waals surface area contributed by atoms with Crippen LogP contribution in [0.15, 0.2) is 16.5 Å². The maximum Gasteiger partial charge on any atom is 0.197 e. The van der Waals surface area contributed by atoms with Crippen molar-refractivity contribution in [3.63, 3.8) is 0 Å². The van der Waals surface area contributed by atoms with Gasteiger partial charge in [-0.15, -0.1) is 0 Å². The van der Waals surface area contributed by atoms with Crippen LogP contribution in [0.5, 0.6) is 0 Å². The molecule has 5 heteroatoms. The van der Waals surface area contributed by atoms with Gasteiger partial charge in [-0.2, -0.15) is 11.8 Å². The van der Waals surface area contributed by atoms with E-state index in [9.17, 15) is 0 Å². The van der Waals surface area contributed by atoms with Crippen LogP contribution in [0.1, 0.15) is 37.3 Å². The number of thioether (sulfide) groups is 1. The molecule has 1 aliphatic heterocycles. The minimum atomic E-state index is 0.699. The van der Waals surface area contributed by atoms with Crippen molar-refractivity contribution in [2.45, 2.75) is 38.2 Å². The Kier molecular flexibility index (Phi) is 3.96. The van der Waals surface area contributed by atoms with Gasteiger partial charge in [0, 0.05) is 30.0 Å². The van der Waals surface area contributed by atoms with Gasteiger partial charge in [0.05, 0.1) is 5.69 Å². The van der Waals surface area contributed by atoms with Gasteiger partial charge in [-0.3, -0.25) is 0 Å².